The molecule has 7 nitrogen and oxygen atoms in total. The summed E-state index contributed by atoms with van der Waals surface area (Å²) in [4.78, 5) is 40.0. The summed E-state index contributed by atoms with van der Waals surface area (Å²) in [6.07, 6.45) is 3.85. The van der Waals surface area contributed by atoms with Gasteiger partial charge in [0.2, 0.25) is 5.91 Å². The fourth-order valence-corrected chi connectivity index (χ4v) is 3.63. The topological polar surface area (TPSA) is 81.8 Å². The van der Waals surface area contributed by atoms with Gasteiger partial charge in [-0.25, -0.2) is 4.79 Å². The molecule has 2 aliphatic heterocycles. The van der Waals surface area contributed by atoms with Crippen LogP contribution in [-0.4, -0.2) is 65.9 Å². The minimum absolute atomic E-state index is 0.138. The predicted molar refractivity (Wildman–Crippen MR) is 80.0 cm³/mol. The Labute approximate surface area is 130 Å². The van der Waals surface area contributed by atoms with E-state index in [4.69, 9.17) is 0 Å². The van der Waals surface area contributed by atoms with Crippen LogP contribution in [0.3, 0.4) is 0 Å². The molecule has 0 bridgehead atoms. The molecular weight excluding hydrogens is 284 g/mol. The molecule has 2 atom stereocenters. The van der Waals surface area contributed by atoms with Crippen molar-refractivity contribution in [1.29, 1.82) is 0 Å². The first-order chi connectivity index (χ1) is 10.5. The number of urea groups is 1. The maximum Gasteiger partial charge on any atom is 0.325 e. The molecule has 122 valence electrons. The van der Waals surface area contributed by atoms with Gasteiger partial charge in [-0.1, -0.05) is 0 Å². The van der Waals surface area contributed by atoms with E-state index in [9.17, 15) is 14.4 Å². The number of likely N-dealkylation sites (tertiary alicyclic amines) is 1. The third-order valence-electron chi connectivity index (χ3n) is 5.13. The van der Waals surface area contributed by atoms with Gasteiger partial charge in [0.15, 0.2) is 0 Å². The molecule has 2 unspecified atom stereocenters. The molecule has 3 aliphatic rings. The fraction of sp³-hybridized carbons (Fsp3) is 0.800. The van der Waals surface area contributed by atoms with Gasteiger partial charge in [0, 0.05) is 19.1 Å². The zero-order valence-corrected chi connectivity index (χ0v) is 13.2. The van der Waals surface area contributed by atoms with Crippen molar-refractivity contribution in [3.05, 3.63) is 0 Å². The van der Waals surface area contributed by atoms with Crippen LogP contribution in [0.15, 0.2) is 0 Å². The summed E-state index contributed by atoms with van der Waals surface area (Å²) >= 11 is 0. The minimum Gasteiger partial charge on any atom is -0.337 e. The number of amides is 4. The number of carbonyl (C=O) groups excluding carboxylic acids is 3. The Hall–Kier alpha value is -1.63. The summed E-state index contributed by atoms with van der Waals surface area (Å²) in [6, 6.07) is -0.273. The summed E-state index contributed by atoms with van der Waals surface area (Å²) < 4.78 is 0. The summed E-state index contributed by atoms with van der Waals surface area (Å²) in [5.74, 6) is -0.174. The second kappa shape index (κ2) is 5.53. The number of imide groups is 1. The third kappa shape index (κ3) is 2.47. The van der Waals surface area contributed by atoms with Gasteiger partial charge in [-0.15, -0.1) is 0 Å². The SMILES string of the molecule is CNCC1CCCN1C(=O)CN1C(=O)NC(C)(C2CC2)C1=O. The fourth-order valence-electron chi connectivity index (χ4n) is 3.63. The Kier molecular flexibility index (Phi) is 3.84. The molecule has 0 spiro atoms. The van der Waals surface area contributed by atoms with Crippen molar-refractivity contribution in [2.75, 3.05) is 26.7 Å². The highest BCUT2D eigenvalue weighted by atomic mass is 16.2. The molecule has 22 heavy (non-hydrogen) atoms. The Bertz CT molecular complexity index is 505. The van der Waals surface area contributed by atoms with Gasteiger partial charge in [-0.2, -0.15) is 0 Å². The van der Waals surface area contributed by atoms with Crippen molar-refractivity contribution in [1.82, 2.24) is 20.4 Å². The van der Waals surface area contributed by atoms with Crippen LogP contribution in [-0.2, 0) is 9.59 Å². The van der Waals surface area contributed by atoms with Crippen LogP contribution in [0.5, 0.6) is 0 Å². The van der Waals surface area contributed by atoms with Crippen LogP contribution in [0.2, 0.25) is 0 Å². The van der Waals surface area contributed by atoms with Crippen molar-refractivity contribution in [3.8, 4) is 0 Å². The second-order valence-electron chi connectivity index (χ2n) is 6.74. The first-order valence-electron chi connectivity index (χ1n) is 8.05. The van der Waals surface area contributed by atoms with Crippen molar-refractivity contribution < 1.29 is 14.4 Å². The molecule has 2 saturated heterocycles. The molecule has 2 heterocycles. The van der Waals surface area contributed by atoms with E-state index in [2.05, 4.69) is 10.6 Å². The van der Waals surface area contributed by atoms with Crippen LogP contribution in [0, 0.1) is 5.92 Å². The number of likely N-dealkylation sites (N-methyl/N-ethyl adjacent to an activating group) is 1. The zero-order chi connectivity index (χ0) is 15.9. The maximum atomic E-state index is 12.5. The molecule has 1 saturated carbocycles. The maximum absolute atomic E-state index is 12.5. The highest BCUT2D eigenvalue weighted by molar-refractivity contribution is 6.09. The lowest BCUT2D eigenvalue weighted by Gasteiger charge is -2.26. The molecule has 0 aromatic carbocycles. The summed E-state index contributed by atoms with van der Waals surface area (Å²) in [5.41, 5.74) is -0.813. The molecule has 3 rings (SSSR count). The monoisotopic (exact) mass is 308 g/mol. The van der Waals surface area contributed by atoms with E-state index in [0.717, 1.165) is 37.1 Å². The number of carbonyl (C=O) groups is 3. The lowest BCUT2D eigenvalue weighted by Crippen LogP contribution is -2.48. The minimum atomic E-state index is -0.813. The van der Waals surface area contributed by atoms with Gasteiger partial charge >= 0.3 is 6.03 Å². The van der Waals surface area contributed by atoms with Crippen molar-refractivity contribution in [2.45, 2.75) is 44.2 Å². The van der Waals surface area contributed by atoms with Crippen molar-refractivity contribution >= 4 is 17.8 Å². The molecule has 0 aromatic rings. The van der Waals surface area contributed by atoms with Crippen molar-refractivity contribution in [3.63, 3.8) is 0 Å². The third-order valence-corrected chi connectivity index (χ3v) is 5.13. The lowest BCUT2D eigenvalue weighted by atomic mass is 9.96. The molecule has 7 heteroatoms. The summed E-state index contributed by atoms with van der Waals surface area (Å²) in [6.45, 7) is 3.07. The molecule has 0 radical (unpaired) electrons. The summed E-state index contributed by atoms with van der Waals surface area (Å²) in [7, 11) is 1.86. The zero-order valence-electron chi connectivity index (χ0n) is 13.2. The Morgan fingerprint density at radius 2 is 2.09 bits per heavy atom. The van der Waals surface area contributed by atoms with Gasteiger partial charge in [-0.05, 0) is 45.6 Å². The standard InChI is InChI=1S/C15H24N4O3/c1-15(10-5-6-10)13(21)19(14(22)17-15)9-12(20)18-7-3-4-11(18)8-16-2/h10-11,16H,3-9H2,1-2H3,(H,17,22). The van der Waals surface area contributed by atoms with Crippen LogP contribution < -0.4 is 10.6 Å². The first-order valence-corrected chi connectivity index (χ1v) is 8.05. The lowest BCUT2D eigenvalue weighted by molar-refractivity contribution is -0.139. The van der Waals surface area contributed by atoms with Crippen LogP contribution in [0.1, 0.15) is 32.6 Å². The molecule has 3 fully saturated rings. The van der Waals surface area contributed by atoms with Gasteiger partial charge in [0.25, 0.3) is 5.91 Å². The van der Waals surface area contributed by atoms with Crippen LogP contribution in [0.4, 0.5) is 4.79 Å². The van der Waals surface area contributed by atoms with E-state index in [1.165, 1.54) is 0 Å². The van der Waals surface area contributed by atoms with Gasteiger partial charge in [0.05, 0.1) is 0 Å². The Morgan fingerprint density at radius 1 is 1.36 bits per heavy atom. The summed E-state index contributed by atoms with van der Waals surface area (Å²) in [5, 5.41) is 5.87. The Morgan fingerprint density at radius 3 is 2.73 bits per heavy atom. The highest BCUT2D eigenvalue weighted by Crippen LogP contribution is 2.42. The van der Waals surface area contributed by atoms with Gasteiger partial charge in [0.1, 0.15) is 12.1 Å². The van der Waals surface area contributed by atoms with Crippen LogP contribution in [0.25, 0.3) is 0 Å². The molecule has 4 amide bonds. The van der Waals surface area contributed by atoms with E-state index in [1.807, 2.05) is 7.05 Å². The van der Waals surface area contributed by atoms with E-state index in [0.29, 0.717) is 6.54 Å². The van der Waals surface area contributed by atoms with E-state index in [1.54, 1.807) is 11.8 Å². The van der Waals surface area contributed by atoms with Gasteiger partial charge < -0.3 is 15.5 Å². The molecule has 2 N–H and O–H groups in total. The van der Waals surface area contributed by atoms with Crippen LogP contribution >= 0.6 is 0 Å². The highest BCUT2D eigenvalue weighted by Gasteiger charge is 2.56. The molecule has 0 aromatic heterocycles. The largest absolute Gasteiger partial charge is 0.337 e. The average Bonchev–Trinajstić information content (AvgIpc) is 3.20. The number of nitrogens with zero attached hydrogens (tertiary/aromatic N) is 2. The second-order valence-corrected chi connectivity index (χ2v) is 6.74. The smallest absolute Gasteiger partial charge is 0.325 e. The normalized spacial score (nSPS) is 31.8. The number of nitrogens with one attached hydrogen (secondary N) is 2. The molecular formula is C15H24N4O3. The average molecular weight is 308 g/mol. The first kappa shape index (κ1) is 15.3. The Balaban J connectivity index is 1.66. The molecule has 1 aliphatic carbocycles. The van der Waals surface area contributed by atoms with Crippen molar-refractivity contribution in [2.24, 2.45) is 5.92 Å². The quantitative estimate of drug-likeness (QED) is 0.696. The van der Waals surface area contributed by atoms with E-state index < -0.39 is 11.6 Å². The number of rotatable bonds is 5. The number of hydrogen-bond donors (Lipinski definition) is 2. The van der Waals surface area contributed by atoms with Gasteiger partial charge in [-0.3, -0.25) is 14.5 Å². The predicted octanol–water partition coefficient (Wildman–Crippen LogP) is -0.0827. The van der Waals surface area contributed by atoms with E-state index >= 15 is 0 Å². The number of hydrogen-bond acceptors (Lipinski definition) is 4. The van der Waals surface area contributed by atoms with E-state index in [-0.39, 0.29) is 30.3 Å².